The van der Waals surface area contributed by atoms with E-state index in [0.717, 1.165) is 64.3 Å². The third kappa shape index (κ3) is 5.89. The van der Waals surface area contributed by atoms with E-state index >= 15 is 0 Å². The highest BCUT2D eigenvalue weighted by Gasteiger charge is 2.38. The minimum absolute atomic E-state index is 0.234. The summed E-state index contributed by atoms with van der Waals surface area (Å²) in [5, 5.41) is 7.18. The Morgan fingerprint density at radius 1 is 1.03 bits per heavy atom. The van der Waals surface area contributed by atoms with Gasteiger partial charge in [-0.2, -0.15) is 0 Å². The zero-order valence-electron chi connectivity index (χ0n) is 19.2. The molecule has 0 unspecified atom stereocenters. The van der Waals surface area contributed by atoms with Crippen LogP contribution in [0.4, 0.5) is 5.82 Å². The van der Waals surface area contributed by atoms with Crippen molar-refractivity contribution in [2.75, 3.05) is 57.9 Å². The standard InChI is InChI=1S/C24H40N6O/c1-25-23(27-19-21-8-11-26-22(18-21)29-12-6-3-7-13-29)28-20-24(9-4-2-5-10-24)30-14-16-31-17-15-30/h8,11,18H,2-7,9-10,12-17,19-20H2,1H3,(H2,25,27,28). The number of morpholine rings is 1. The summed E-state index contributed by atoms with van der Waals surface area (Å²) in [4.78, 5) is 14.2. The van der Waals surface area contributed by atoms with Crippen LogP contribution in [0.15, 0.2) is 23.3 Å². The first-order valence-electron chi connectivity index (χ1n) is 12.3. The largest absolute Gasteiger partial charge is 0.379 e. The van der Waals surface area contributed by atoms with E-state index in [2.05, 4.69) is 42.5 Å². The van der Waals surface area contributed by atoms with Crippen molar-refractivity contribution in [2.24, 2.45) is 4.99 Å². The predicted molar refractivity (Wildman–Crippen MR) is 127 cm³/mol. The molecule has 7 nitrogen and oxygen atoms in total. The van der Waals surface area contributed by atoms with Gasteiger partial charge in [0.1, 0.15) is 5.82 Å². The van der Waals surface area contributed by atoms with Crippen LogP contribution in [-0.2, 0) is 11.3 Å². The molecule has 3 aliphatic rings. The monoisotopic (exact) mass is 428 g/mol. The van der Waals surface area contributed by atoms with Gasteiger partial charge in [-0.1, -0.05) is 19.3 Å². The first-order valence-corrected chi connectivity index (χ1v) is 12.3. The number of nitrogens with one attached hydrogen (secondary N) is 2. The average molecular weight is 429 g/mol. The Bertz CT molecular complexity index is 706. The molecule has 31 heavy (non-hydrogen) atoms. The number of nitrogens with zero attached hydrogens (tertiary/aromatic N) is 4. The summed E-state index contributed by atoms with van der Waals surface area (Å²) in [7, 11) is 1.86. The van der Waals surface area contributed by atoms with Gasteiger partial charge in [0.25, 0.3) is 0 Å². The van der Waals surface area contributed by atoms with Crippen LogP contribution in [0.5, 0.6) is 0 Å². The Labute approximate surface area is 187 Å². The maximum absolute atomic E-state index is 5.62. The number of aliphatic imine (C=N–C) groups is 1. The van der Waals surface area contributed by atoms with Gasteiger partial charge in [0.2, 0.25) is 0 Å². The lowest BCUT2D eigenvalue weighted by atomic mass is 9.80. The van der Waals surface area contributed by atoms with E-state index < -0.39 is 0 Å². The molecule has 0 atom stereocenters. The molecule has 4 rings (SSSR count). The number of pyridine rings is 1. The van der Waals surface area contributed by atoms with Gasteiger partial charge < -0.3 is 20.3 Å². The van der Waals surface area contributed by atoms with E-state index in [4.69, 9.17) is 4.74 Å². The third-order valence-corrected chi connectivity index (χ3v) is 7.22. The third-order valence-electron chi connectivity index (χ3n) is 7.22. The van der Waals surface area contributed by atoms with Gasteiger partial charge in [-0.15, -0.1) is 0 Å². The maximum Gasteiger partial charge on any atom is 0.191 e. The number of aromatic nitrogens is 1. The summed E-state index contributed by atoms with van der Waals surface area (Å²) >= 11 is 0. The smallest absolute Gasteiger partial charge is 0.191 e. The van der Waals surface area contributed by atoms with Crippen LogP contribution < -0.4 is 15.5 Å². The fourth-order valence-electron chi connectivity index (χ4n) is 5.37. The van der Waals surface area contributed by atoms with E-state index in [-0.39, 0.29) is 5.54 Å². The molecule has 0 spiro atoms. The Morgan fingerprint density at radius 2 is 1.77 bits per heavy atom. The molecule has 1 aliphatic carbocycles. The molecule has 0 aromatic carbocycles. The van der Waals surface area contributed by atoms with Crippen molar-refractivity contribution in [3.8, 4) is 0 Å². The molecule has 2 saturated heterocycles. The van der Waals surface area contributed by atoms with Crippen molar-refractivity contribution >= 4 is 11.8 Å². The highest BCUT2D eigenvalue weighted by molar-refractivity contribution is 5.79. The number of guanidine groups is 1. The van der Waals surface area contributed by atoms with Gasteiger partial charge in [-0.3, -0.25) is 9.89 Å². The van der Waals surface area contributed by atoms with Gasteiger partial charge in [-0.05, 0) is 49.8 Å². The fraction of sp³-hybridized carbons (Fsp3) is 0.750. The summed E-state index contributed by atoms with van der Waals surface area (Å²) in [6, 6.07) is 4.33. The van der Waals surface area contributed by atoms with Crippen LogP contribution in [-0.4, -0.2) is 74.4 Å². The fourth-order valence-corrected chi connectivity index (χ4v) is 5.37. The van der Waals surface area contributed by atoms with Crippen molar-refractivity contribution in [3.05, 3.63) is 23.9 Å². The minimum Gasteiger partial charge on any atom is -0.379 e. The Kier molecular flexibility index (Phi) is 8.03. The van der Waals surface area contributed by atoms with E-state index in [1.165, 1.54) is 56.9 Å². The average Bonchev–Trinajstić information content (AvgIpc) is 2.86. The predicted octanol–water partition coefficient (Wildman–Crippen LogP) is 2.77. The second-order valence-corrected chi connectivity index (χ2v) is 9.23. The van der Waals surface area contributed by atoms with E-state index in [9.17, 15) is 0 Å². The SMILES string of the molecule is CN=C(NCc1ccnc(N2CCCCC2)c1)NCC1(N2CCOCC2)CCCCC1. The molecular formula is C24H40N6O. The molecular weight excluding hydrogens is 388 g/mol. The van der Waals surface area contributed by atoms with Crippen molar-refractivity contribution in [1.29, 1.82) is 0 Å². The first kappa shape index (κ1) is 22.3. The summed E-state index contributed by atoms with van der Waals surface area (Å²) in [5.74, 6) is 1.99. The normalized spacial score (nSPS) is 22.9. The topological polar surface area (TPSA) is 65.0 Å². The van der Waals surface area contributed by atoms with Gasteiger partial charge >= 0.3 is 0 Å². The number of rotatable bonds is 6. The van der Waals surface area contributed by atoms with Crippen molar-refractivity contribution in [1.82, 2.24) is 20.5 Å². The quantitative estimate of drug-likeness (QED) is 0.537. The Balaban J connectivity index is 1.33. The lowest BCUT2D eigenvalue weighted by molar-refractivity contribution is -0.0352. The summed E-state index contributed by atoms with van der Waals surface area (Å²) < 4.78 is 5.62. The number of piperidine rings is 1. The number of hydrogen-bond donors (Lipinski definition) is 2. The zero-order chi connectivity index (χ0) is 21.4. The molecule has 3 fully saturated rings. The van der Waals surface area contributed by atoms with Crippen LogP contribution in [0.1, 0.15) is 56.9 Å². The Hall–Kier alpha value is -1.86. The van der Waals surface area contributed by atoms with E-state index in [1.807, 2.05) is 13.2 Å². The van der Waals surface area contributed by atoms with E-state index in [1.54, 1.807) is 0 Å². The molecule has 1 aromatic heterocycles. The van der Waals surface area contributed by atoms with E-state index in [0.29, 0.717) is 0 Å². The molecule has 0 radical (unpaired) electrons. The lowest BCUT2D eigenvalue weighted by Gasteiger charge is -2.48. The maximum atomic E-state index is 5.62. The number of ether oxygens (including phenoxy) is 1. The van der Waals surface area contributed by atoms with Crippen LogP contribution >= 0.6 is 0 Å². The molecule has 1 aromatic rings. The lowest BCUT2D eigenvalue weighted by Crippen LogP contribution is -2.60. The van der Waals surface area contributed by atoms with Gasteiger partial charge in [0.05, 0.1) is 13.2 Å². The Morgan fingerprint density at radius 3 is 2.52 bits per heavy atom. The second kappa shape index (κ2) is 11.1. The molecule has 2 N–H and O–H groups in total. The summed E-state index contributed by atoms with van der Waals surface area (Å²) in [5.41, 5.74) is 1.48. The molecule has 7 heteroatoms. The van der Waals surface area contributed by atoms with Crippen LogP contribution in [0, 0.1) is 0 Å². The molecule has 3 heterocycles. The zero-order valence-corrected chi connectivity index (χ0v) is 19.2. The molecule has 0 bridgehead atoms. The van der Waals surface area contributed by atoms with Crippen molar-refractivity contribution in [3.63, 3.8) is 0 Å². The highest BCUT2D eigenvalue weighted by atomic mass is 16.5. The number of hydrogen-bond acceptors (Lipinski definition) is 5. The molecule has 2 aliphatic heterocycles. The second-order valence-electron chi connectivity index (χ2n) is 9.23. The van der Waals surface area contributed by atoms with Gasteiger partial charge in [0, 0.05) is 58.1 Å². The van der Waals surface area contributed by atoms with Crippen LogP contribution in [0.2, 0.25) is 0 Å². The molecule has 172 valence electrons. The molecule has 1 saturated carbocycles. The molecule has 0 amide bonds. The summed E-state index contributed by atoms with van der Waals surface area (Å²) in [6.07, 6.45) is 12.3. The van der Waals surface area contributed by atoms with Crippen LogP contribution in [0.3, 0.4) is 0 Å². The number of anilines is 1. The summed E-state index contributed by atoms with van der Waals surface area (Å²) in [6.45, 7) is 7.75. The van der Waals surface area contributed by atoms with Crippen molar-refractivity contribution in [2.45, 2.75) is 63.5 Å². The highest BCUT2D eigenvalue weighted by Crippen LogP contribution is 2.33. The van der Waals surface area contributed by atoms with Gasteiger partial charge in [0.15, 0.2) is 5.96 Å². The van der Waals surface area contributed by atoms with Crippen molar-refractivity contribution < 1.29 is 4.74 Å². The van der Waals surface area contributed by atoms with Gasteiger partial charge in [-0.25, -0.2) is 4.98 Å². The minimum atomic E-state index is 0.234. The van der Waals surface area contributed by atoms with Crippen LogP contribution in [0.25, 0.3) is 0 Å². The first-order chi connectivity index (χ1) is 15.3.